The van der Waals surface area contributed by atoms with Crippen molar-refractivity contribution in [3.63, 3.8) is 0 Å². The first-order valence-electron chi connectivity index (χ1n) is 8.51. The van der Waals surface area contributed by atoms with Gasteiger partial charge >= 0.3 is 5.63 Å². The van der Waals surface area contributed by atoms with Crippen LogP contribution >= 0.6 is 0 Å². The average Bonchev–Trinajstić information content (AvgIpc) is 2.66. The molecule has 0 N–H and O–H groups in total. The summed E-state index contributed by atoms with van der Waals surface area (Å²) in [6.45, 7) is 8.05. The average molecular weight is 366 g/mol. The molecule has 0 unspecified atom stereocenters. The Bertz CT molecular complexity index is 1060. The molecule has 3 rings (SSSR count). The summed E-state index contributed by atoms with van der Waals surface area (Å²) in [6.07, 6.45) is 0. The maximum Gasteiger partial charge on any atom is 0.344 e. The number of methoxy groups -OCH3 is 2. The zero-order valence-electron chi connectivity index (χ0n) is 15.9. The van der Waals surface area contributed by atoms with Crippen LogP contribution in [0, 0.1) is 6.92 Å². The molecule has 1 aromatic heterocycles. The Labute approximate surface area is 157 Å². The molecular formula is C22H22O5. The zero-order chi connectivity index (χ0) is 19.6. The van der Waals surface area contributed by atoms with Crippen molar-refractivity contribution in [1.82, 2.24) is 0 Å². The van der Waals surface area contributed by atoms with Gasteiger partial charge in [0.25, 0.3) is 0 Å². The van der Waals surface area contributed by atoms with Crippen LogP contribution in [-0.4, -0.2) is 20.8 Å². The van der Waals surface area contributed by atoms with Gasteiger partial charge in [-0.2, -0.15) is 0 Å². The van der Waals surface area contributed by atoms with E-state index in [0.717, 1.165) is 16.5 Å². The third-order valence-electron chi connectivity index (χ3n) is 4.30. The molecule has 3 aromatic rings. The summed E-state index contributed by atoms with van der Waals surface area (Å²) in [5.41, 5.74) is 2.85. The summed E-state index contributed by atoms with van der Waals surface area (Å²) in [5.74, 6) is 1.88. The fourth-order valence-corrected chi connectivity index (χ4v) is 2.95. The van der Waals surface area contributed by atoms with E-state index in [1.54, 1.807) is 44.6 Å². The van der Waals surface area contributed by atoms with Crippen molar-refractivity contribution < 1.29 is 18.6 Å². The van der Waals surface area contributed by atoms with Gasteiger partial charge < -0.3 is 18.6 Å². The number of fused-ring (bicyclic) bond motifs is 1. The summed E-state index contributed by atoms with van der Waals surface area (Å²) < 4.78 is 22.0. The van der Waals surface area contributed by atoms with Crippen LogP contribution in [0.1, 0.15) is 12.5 Å². The summed E-state index contributed by atoms with van der Waals surface area (Å²) in [5, 5.41) is 0.800. The summed E-state index contributed by atoms with van der Waals surface area (Å²) in [4.78, 5) is 12.7. The Morgan fingerprint density at radius 2 is 1.81 bits per heavy atom. The minimum absolute atomic E-state index is 0.428. The quantitative estimate of drug-likeness (QED) is 0.466. The predicted molar refractivity (Wildman–Crippen MR) is 106 cm³/mol. The molecule has 140 valence electrons. The van der Waals surface area contributed by atoms with Crippen molar-refractivity contribution in [2.45, 2.75) is 13.8 Å². The highest BCUT2D eigenvalue weighted by Crippen LogP contribution is 2.36. The van der Waals surface area contributed by atoms with Crippen LogP contribution in [-0.2, 0) is 0 Å². The third kappa shape index (κ3) is 3.67. The highest BCUT2D eigenvalue weighted by atomic mass is 16.5. The van der Waals surface area contributed by atoms with Crippen molar-refractivity contribution in [3.8, 4) is 28.4 Å². The van der Waals surface area contributed by atoms with Crippen molar-refractivity contribution in [2.75, 3.05) is 20.8 Å². The van der Waals surface area contributed by atoms with Gasteiger partial charge in [-0.05, 0) is 61.4 Å². The van der Waals surface area contributed by atoms with E-state index in [4.69, 9.17) is 18.6 Å². The van der Waals surface area contributed by atoms with E-state index in [2.05, 4.69) is 6.58 Å². The van der Waals surface area contributed by atoms with Gasteiger partial charge in [-0.25, -0.2) is 4.79 Å². The van der Waals surface area contributed by atoms with Crippen LogP contribution in [0.15, 0.2) is 57.8 Å². The first-order chi connectivity index (χ1) is 12.9. The molecule has 0 amide bonds. The number of hydrogen-bond acceptors (Lipinski definition) is 5. The number of ether oxygens (including phenoxy) is 3. The molecule has 0 saturated heterocycles. The first kappa shape index (κ1) is 18.6. The molecule has 0 aliphatic rings. The van der Waals surface area contributed by atoms with Gasteiger partial charge in [0.2, 0.25) is 0 Å². The van der Waals surface area contributed by atoms with Crippen LogP contribution < -0.4 is 19.8 Å². The summed E-state index contributed by atoms with van der Waals surface area (Å²) in [7, 11) is 3.14. The van der Waals surface area contributed by atoms with Crippen LogP contribution in [0.25, 0.3) is 22.1 Å². The highest BCUT2D eigenvalue weighted by Gasteiger charge is 2.18. The van der Waals surface area contributed by atoms with Gasteiger partial charge in [-0.15, -0.1) is 0 Å². The SMILES string of the molecule is C=C(C)COc1ccc2oc(=O)c(-c3cc(OC)ccc3OC)c(C)c2c1. The topological polar surface area (TPSA) is 57.9 Å². The number of rotatable bonds is 6. The monoisotopic (exact) mass is 366 g/mol. The zero-order valence-corrected chi connectivity index (χ0v) is 15.9. The number of hydrogen-bond donors (Lipinski definition) is 0. The molecule has 0 spiro atoms. The van der Waals surface area contributed by atoms with E-state index in [1.165, 1.54) is 0 Å². The second-order valence-corrected chi connectivity index (χ2v) is 6.36. The predicted octanol–water partition coefficient (Wildman–Crippen LogP) is 4.74. The molecule has 1 heterocycles. The standard InChI is InChI=1S/C22H22O5/c1-13(2)12-26-16-7-9-20-17(11-16)14(3)21(22(23)27-20)18-10-15(24-4)6-8-19(18)25-5/h6-11H,1,12H2,2-5H3. The van der Waals surface area contributed by atoms with E-state index in [9.17, 15) is 4.79 Å². The van der Waals surface area contributed by atoms with Crippen molar-refractivity contribution >= 4 is 11.0 Å². The Kier molecular flexibility index (Phi) is 5.21. The smallest absolute Gasteiger partial charge is 0.344 e. The maximum absolute atomic E-state index is 12.7. The molecule has 0 aliphatic heterocycles. The molecule has 0 aliphatic carbocycles. The molecule has 0 atom stereocenters. The van der Waals surface area contributed by atoms with Crippen LogP contribution in [0.3, 0.4) is 0 Å². The fraction of sp³-hybridized carbons (Fsp3) is 0.227. The largest absolute Gasteiger partial charge is 0.497 e. The molecule has 27 heavy (non-hydrogen) atoms. The molecule has 0 fully saturated rings. The van der Waals surface area contributed by atoms with E-state index >= 15 is 0 Å². The van der Waals surface area contributed by atoms with Crippen LogP contribution in [0.4, 0.5) is 0 Å². The molecule has 0 saturated carbocycles. The molecule has 5 nitrogen and oxygen atoms in total. The van der Waals surface area contributed by atoms with E-state index in [-0.39, 0.29) is 0 Å². The lowest BCUT2D eigenvalue weighted by Gasteiger charge is -2.14. The molecule has 2 aromatic carbocycles. The van der Waals surface area contributed by atoms with Gasteiger partial charge in [0.1, 0.15) is 29.4 Å². The summed E-state index contributed by atoms with van der Waals surface area (Å²) >= 11 is 0. The second-order valence-electron chi connectivity index (χ2n) is 6.36. The Morgan fingerprint density at radius 1 is 1.07 bits per heavy atom. The highest BCUT2D eigenvalue weighted by molar-refractivity contribution is 5.89. The van der Waals surface area contributed by atoms with Crippen molar-refractivity contribution in [3.05, 3.63) is 64.5 Å². The minimum Gasteiger partial charge on any atom is -0.497 e. The third-order valence-corrected chi connectivity index (χ3v) is 4.30. The van der Waals surface area contributed by atoms with E-state index in [0.29, 0.717) is 40.6 Å². The van der Waals surface area contributed by atoms with Crippen LogP contribution in [0.2, 0.25) is 0 Å². The lowest BCUT2D eigenvalue weighted by Crippen LogP contribution is -2.07. The van der Waals surface area contributed by atoms with Crippen LogP contribution in [0.5, 0.6) is 17.2 Å². The molecule has 0 radical (unpaired) electrons. The number of aryl methyl sites for hydroxylation is 1. The molecular weight excluding hydrogens is 344 g/mol. The normalized spacial score (nSPS) is 10.7. The Morgan fingerprint density at radius 3 is 2.48 bits per heavy atom. The second kappa shape index (κ2) is 7.58. The maximum atomic E-state index is 12.7. The molecule has 5 heteroatoms. The molecule has 0 bridgehead atoms. The van der Waals surface area contributed by atoms with Gasteiger partial charge in [0.15, 0.2) is 0 Å². The first-order valence-corrected chi connectivity index (χ1v) is 8.51. The van der Waals surface area contributed by atoms with Gasteiger partial charge in [0, 0.05) is 10.9 Å². The Hall–Kier alpha value is -3.21. The van der Waals surface area contributed by atoms with Gasteiger partial charge in [-0.3, -0.25) is 0 Å². The van der Waals surface area contributed by atoms with E-state index < -0.39 is 5.63 Å². The summed E-state index contributed by atoms with van der Waals surface area (Å²) in [6, 6.07) is 10.7. The van der Waals surface area contributed by atoms with Crippen molar-refractivity contribution in [1.29, 1.82) is 0 Å². The van der Waals surface area contributed by atoms with Gasteiger partial charge in [-0.1, -0.05) is 6.58 Å². The van der Waals surface area contributed by atoms with Crippen molar-refractivity contribution in [2.24, 2.45) is 0 Å². The lowest BCUT2D eigenvalue weighted by atomic mass is 9.98. The number of benzene rings is 2. The minimum atomic E-state index is -0.429. The van der Waals surface area contributed by atoms with Gasteiger partial charge in [0.05, 0.1) is 19.8 Å². The lowest BCUT2D eigenvalue weighted by molar-refractivity contribution is 0.353. The Balaban J connectivity index is 2.22. The van der Waals surface area contributed by atoms with E-state index in [1.807, 2.05) is 19.9 Å². The fourth-order valence-electron chi connectivity index (χ4n) is 2.95.